The van der Waals surface area contributed by atoms with E-state index in [0.717, 1.165) is 0 Å². The van der Waals surface area contributed by atoms with Crippen molar-refractivity contribution in [1.82, 2.24) is 4.98 Å². The standard InChI is InChI=1S/C21H30N3O8PS/c1-7-30-20(25)18(24-29-6)15-13-34-21(22-15)23-19(33(26,31-8-2)32-9-3)14-10-11-16(27-4)17(12-14)28-5/h10-13,19H,7-9H2,1-6H3,(H,22,23)/b24-18+. The van der Waals surface area contributed by atoms with Crippen LogP contribution in [-0.2, 0) is 28.0 Å². The third-order valence-electron chi connectivity index (χ3n) is 4.32. The maximum atomic E-state index is 13.8. The minimum absolute atomic E-state index is 0.0888. The molecular weight excluding hydrogens is 485 g/mol. The van der Waals surface area contributed by atoms with Gasteiger partial charge in [-0.2, -0.15) is 0 Å². The van der Waals surface area contributed by atoms with E-state index >= 15 is 0 Å². The van der Waals surface area contributed by atoms with Gasteiger partial charge in [-0.25, -0.2) is 9.78 Å². The highest BCUT2D eigenvalue weighted by Crippen LogP contribution is 2.61. The van der Waals surface area contributed by atoms with Gasteiger partial charge in [0.05, 0.1) is 34.0 Å². The normalized spacial score (nSPS) is 12.7. The highest BCUT2D eigenvalue weighted by atomic mass is 32.1. The molecule has 1 heterocycles. The first kappa shape index (κ1) is 27.6. The van der Waals surface area contributed by atoms with Gasteiger partial charge in [-0.1, -0.05) is 11.2 Å². The second kappa shape index (κ2) is 13.3. The van der Waals surface area contributed by atoms with E-state index < -0.39 is 19.3 Å². The number of hydrogen-bond donors (Lipinski definition) is 1. The molecule has 0 aliphatic heterocycles. The highest BCUT2D eigenvalue weighted by molar-refractivity contribution is 7.54. The van der Waals surface area contributed by atoms with E-state index in [0.29, 0.717) is 22.2 Å². The van der Waals surface area contributed by atoms with E-state index in [2.05, 4.69) is 15.5 Å². The molecule has 0 saturated heterocycles. The monoisotopic (exact) mass is 515 g/mol. The van der Waals surface area contributed by atoms with Crippen LogP contribution in [0.5, 0.6) is 11.5 Å². The van der Waals surface area contributed by atoms with E-state index in [4.69, 9.17) is 28.1 Å². The molecule has 1 atom stereocenters. The van der Waals surface area contributed by atoms with Gasteiger partial charge in [-0.05, 0) is 38.5 Å². The van der Waals surface area contributed by atoms with Crippen molar-refractivity contribution in [2.45, 2.75) is 26.6 Å². The molecule has 2 aromatic rings. The minimum atomic E-state index is -3.72. The van der Waals surface area contributed by atoms with Gasteiger partial charge in [0.1, 0.15) is 12.8 Å². The topological polar surface area (TPSA) is 127 Å². The number of benzene rings is 1. The maximum absolute atomic E-state index is 13.8. The summed E-state index contributed by atoms with van der Waals surface area (Å²) in [4.78, 5) is 21.4. The number of rotatable bonds is 14. The van der Waals surface area contributed by atoms with Crippen molar-refractivity contribution in [3.8, 4) is 11.5 Å². The number of ether oxygens (including phenoxy) is 3. The largest absolute Gasteiger partial charge is 0.493 e. The predicted molar refractivity (Wildman–Crippen MR) is 129 cm³/mol. The van der Waals surface area contributed by atoms with Gasteiger partial charge in [-0.3, -0.25) is 4.57 Å². The second-order valence-electron chi connectivity index (χ2n) is 6.42. The molecule has 11 nitrogen and oxygen atoms in total. The third-order valence-corrected chi connectivity index (χ3v) is 7.39. The number of aromatic nitrogens is 1. The van der Waals surface area contributed by atoms with Crippen molar-refractivity contribution < 1.29 is 37.5 Å². The molecule has 1 aromatic heterocycles. The molecule has 0 fully saturated rings. The Morgan fingerprint density at radius 3 is 2.32 bits per heavy atom. The molecule has 0 radical (unpaired) electrons. The number of nitrogens with one attached hydrogen (secondary N) is 1. The van der Waals surface area contributed by atoms with E-state index in [1.54, 1.807) is 44.4 Å². The first-order chi connectivity index (χ1) is 16.4. The number of nitrogens with zero attached hydrogens (tertiary/aromatic N) is 2. The number of methoxy groups -OCH3 is 2. The van der Waals surface area contributed by atoms with Crippen LogP contribution in [0, 0.1) is 0 Å². The zero-order valence-electron chi connectivity index (χ0n) is 20.0. The van der Waals surface area contributed by atoms with E-state index in [1.165, 1.54) is 32.7 Å². The molecule has 1 N–H and O–H groups in total. The van der Waals surface area contributed by atoms with Crippen LogP contribution in [0.15, 0.2) is 28.7 Å². The average molecular weight is 516 g/mol. The van der Waals surface area contributed by atoms with Crippen molar-refractivity contribution in [2.75, 3.05) is 46.5 Å². The van der Waals surface area contributed by atoms with E-state index in [9.17, 15) is 9.36 Å². The zero-order chi connectivity index (χ0) is 25.1. The van der Waals surface area contributed by atoms with Gasteiger partial charge in [0.2, 0.25) is 5.71 Å². The zero-order valence-corrected chi connectivity index (χ0v) is 21.7. The van der Waals surface area contributed by atoms with Crippen LogP contribution in [0.2, 0.25) is 0 Å². The summed E-state index contributed by atoms with van der Waals surface area (Å²) in [6, 6.07) is 5.11. The molecule has 0 aliphatic rings. The number of thiazole rings is 1. The fourth-order valence-corrected chi connectivity index (χ4v) is 5.67. The van der Waals surface area contributed by atoms with Gasteiger partial charge < -0.3 is 33.4 Å². The second-order valence-corrected chi connectivity index (χ2v) is 9.39. The van der Waals surface area contributed by atoms with E-state index in [-0.39, 0.29) is 31.2 Å². The van der Waals surface area contributed by atoms with Crippen LogP contribution in [0.4, 0.5) is 5.13 Å². The predicted octanol–water partition coefficient (Wildman–Crippen LogP) is 4.45. The Kier molecular flexibility index (Phi) is 10.8. The fraction of sp³-hybridized carbons (Fsp3) is 0.476. The Hall–Kier alpha value is -2.66. The van der Waals surface area contributed by atoms with Crippen molar-refractivity contribution >= 4 is 35.7 Å². The van der Waals surface area contributed by atoms with Gasteiger partial charge in [0, 0.05) is 5.38 Å². The van der Waals surface area contributed by atoms with Crippen LogP contribution < -0.4 is 14.8 Å². The Bertz CT molecular complexity index is 1020. The maximum Gasteiger partial charge on any atom is 0.362 e. The Morgan fingerprint density at radius 1 is 1.09 bits per heavy atom. The summed E-state index contributed by atoms with van der Waals surface area (Å²) in [6.45, 7) is 5.64. The van der Waals surface area contributed by atoms with Gasteiger partial charge >= 0.3 is 13.6 Å². The van der Waals surface area contributed by atoms with Crippen LogP contribution >= 0.6 is 18.9 Å². The Balaban J connectivity index is 2.51. The third kappa shape index (κ3) is 6.69. The molecule has 13 heteroatoms. The van der Waals surface area contributed by atoms with Crippen molar-refractivity contribution in [1.29, 1.82) is 0 Å². The van der Waals surface area contributed by atoms with E-state index in [1.807, 2.05) is 0 Å². The molecule has 0 bridgehead atoms. The Labute approximate surface area is 202 Å². The quantitative estimate of drug-likeness (QED) is 0.167. The molecule has 0 saturated carbocycles. The fourth-order valence-electron chi connectivity index (χ4n) is 2.96. The summed E-state index contributed by atoms with van der Waals surface area (Å²) in [5, 5.41) is 8.83. The van der Waals surface area contributed by atoms with Crippen LogP contribution in [0.1, 0.15) is 37.8 Å². The molecule has 188 valence electrons. The average Bonchev–Trinajstić information content (AvgIpc) is 3.29. The van der Waals surface area contributed by atoms with Crippen molar-refractivity contribution in [3.05, 3.63) is 34.8 Å². The number of esters is 1. The molecule has 0 amide bonds. The van der Waals surface area contributed by atoms with Crippen LogP contribution in [0.25, 0.3) is 0 Å². The molecule has 0 spiro atoms. The molecule has 2 rings (SSSR count). The lowest BCUT2D eigenvalue weighted by molar-refractivity contribution is -0.135. The summed E-state index contributed by atoms with van der Waals surface area (Å²) < 4.78 is 40.7. The lowest BCUT2D eigenvalue weighted by Crippen LogP contribution is -2.20. The van der Waals surface area contributed by atoms with Crippen LogP contribution in [0.3, 0.4) is 0 Å². The summed E-state index contributed by atoms with van der Waals surface area (Å²) in [5.74, 6) is -0.648. The number of hydrogen-bond acceptors (Lipinski definition) is 12. The summed E-state index contributed by atoms with van der Waals surface area (Å²) in [5.41, 5.74) is 0.714. The number of carbonyl (C=O) groups excluding carboxylic acids is 1. The van der Waals surface area contributed by atoms with Gasteiger partial charge in [0.25, 0.3) is 0 Å². The number of oxime groups is 1. The van der Waals surface area contributed by atoms with Crippen LogP contribution in [-0.4, -0.2) is 57.8 Å². The molecular formula is C21H30N3O8PS. The summed E-state index contributed by atoms with van der Waals surface area (Å²) in [7, 11) is 0.637. The SMILES string of the molecule is CCOC(=O)/C(=N/OC)c1csc(NC(c2ccc(OC)c(OC)c2)P(=O)(OCC)OCC)n1. The lowest BCUT2D eigenvalue weighted by atomic mass is 10.2. The van der Waals surface area contributed by atoms with Crippen molar-refractivity contribution in [3.63, 3.8) is 0 Å². The highest BCUT2D eigenvalue weighted by Gasteiger charge is 2.38. The first-order valence-corrected chi connectivity index (χ1v) is 13.0. The Morgan fingerprint density at radius 2 is 1.76 bits per heavy atom. The molecule has 0 aliphatic carbocycles. The molecule has 1 aromatic carbocycles. The number of carbonyl (C=O) groups is 1. The summed E-state index contributed by atoms with van der Waals surface area (Å²) >= 11 is 1.18. The molecule has 1 unspecified atom stereocenters. The smallest absolute Gasteiger partial charge is 0.362 e. The molecule has 34 heavy (non-hydrogen) atoms. The first-order valence-electron chi connectivity index (χ1n) is 10.5. The van der Waals surface area contributed by atoms with Crippen molar-refractivity contribution in [2.24, 2.45) is 5.16 Å². The summed E-state index contributed by atoms with van der Waals surface area (Å²) in [6.07, 6.45) is 0. The number of anilines is 1. The lowest BCUT2D eigenvalue weighted by Gasteiger charge is -2.27. The van der Waals surface area contributed by atoms with Gasteiger partial charge in [0.15, 0.2) is 22.4 Å². The van der Waals surface area contributed by atoms with Gasteiger partial charge in [-0.15, -0.1) is 11.3 Å². The minimum Gasteiger partial charge on any atom is -0.493 e.